The van der Waals surface area contributed by atoms with Crippen LogP contribution in [0.15, 0.2) is 36.4 Å². The van der Waals surface area contributed by atoms with Gasteiger partial charge in [0.15, 0.2) is 0 Å². The van der Waals surface area contributed by atoms with Gasteiger partial charge in [0.25, 0.3) is 5.91 Å². The minimum atomic E-state index is -4.54. The summed E-state index contributed by atoms with van der Waals surface area (Å²) in [7, 11) is 0. The number of carbonyl (C=O) groups is 2. The molecule has 2 aromatic rings. The summed E-state index contributed by atoms with van der Waals surface area (Å²) in [4.78, 5) is 31.3. The van der Waals surface area contributed by atoms with Gasteiger partial charge < -0.3 is 16.4 Å². The molecule has 188 valence electrons. The van der Waals surface area contributed by atoms with Gasteiger partial charge in [0.2, 0.25) is 5.91 Å². The molecule has 0 unspecified atom stereocenters. The number of hydrogen-bond donors (Lipinski definition) is 3. The molecule has 2 amide bonds. The van der Waals surface area contributed by atoms with E-state index in [1.165, 1.54) is 13.0 Å². The maximum Gasteiger partial charge on any atom is 0.416 e. The van der Waals surface area contributed by atoms with Crippen LogP contribution in [0.5, 0.6) is 0 Å². The lowest BCUT2D eigenvalue weighted by molar-refractivity contribution is -0.137. The van der Waals surface area contributed by atoms with E-state index in [-0.39, 0.29) is 24.1 Å². The summed E-state index contributed by atoms with van der Waals surface area (Å²) in [6.45, 7) is 2.70. The first-order chi connectivity index (χ1) is 16.6. The predicted octanol–water partition coefficient (Wildman–Crippen LogP) is 3.25. The first-order valence-electron chi connectivity index (χ1n) is 11.8. The minimum absolute atomic E-state index is 0.00326. The molecule has 2 aliphatic rings. The van der Waals surface area contributed by atoms with Crippen molar-refractivity contribution in [1.29, 1.82) is 0 Å². The van der Waals surface area contributed by atoms with E-state index in [9.17, 15) is 22.8 Å². The summed E-state index contributed by atoms with van der Waals surface area (Å²) in [6.07, 6.45) is -0.311. The fourth-order valence-corrected chi connectivity index (χ4v) is 4.95. The molecule has 1 saturated heterocycles. The Kier molecular flexibility index (Phi) is 7.30. The number of carbonyl (C=O) groups excluding carboxylic acids is 2. The van der Waals surface area contributed by atoms with Crippen LogP contribution in [0.1, 0.15) is 58.8 Å². The number of alkyl halides is 3. The number of pyridine rings is 1. The average molecular weight is 490 g/mol. The summed E-state index contributed by atoms with van der Waals surface area (Å²) in [5, 5.41) is 5.29. The van der Waals surface area contributed by atoms with Crippen molar-refractivity contribution >= 4 is 17.6 Å². The second kappa shape index (κ2) is 10.2. The number of aryl methyl sites for hydroxylation is 1. The highest BCUT2D eigenvalue weighted by atomic mass is 19.4. The lowest BCUT2D eigenvalue weighted by atomic mass is 9.82. The fraction of sp³-hybridized carbons (Fsp3) is 0.480. The molecule has 0 spiro atoms. The number of aromatic nitrogens is 1. The zero-order chi connectivity index (χ0) is 25.2. The molecule has 0 radical (unpaired) electrons. The molecule has 1 aliphatic heterocycles. The highest BCUT2D eigenvalue weighted by Gasteiger charge is 2.36. The van der Waals surface area contributed by atoms with Crippen molar-refractivity contribution in [2.75, 3.05) is 25.4 Å². The van der Waals surface area contributed by atoms with E-state index >= 15 is 0 Å². The monoisotopic (exact) mass is 489 g/mol. The summed E-state index contributed by atoms with van der Waals surface area (Å²) in [6, 6.07) is 9.38. The Balaban J connectivity index is 1.18. The van der Waals surface area contributed by atoms with Crippen LogP contribution >= 0.6 is 0 Å². The van der Waals surface area contributed by atoms with E-state index in [1.807, 2.05) is 12.1 Å². The lowest BCUT2D eigenvalue weighted by Crippen LogP contribution is -2.63. The van der Waals surface area contributed by atoms with Gasteiger partial charge in [0.05, 0.1) is 18.2 Å². The van der Waals surface area contributed by atoms with Gasteiger partial charge in [-0.15, -0.1) is 0 Å². The summed E-state index contributed by atoms with van der Waals surface area (Å²) < 4.78 is 39.0. The number of halogens is 3. The van der Waals surface area contributed by atoms with Crippen molar-refractivity contribution in [3.05, 3.63) is 58.8 Å². The molecule has 0 atom stereocenters. The van der Waals surface area contributed by atoms with Gasteiger partial charge in [-0.3, -0.25) is 14.5 Å². The third kappa shape index (κ3) is 6.30. The molecule has 4 N–H and O–H groups in total. The molecule has 2 heterocycles. The van der Waals surface area contributed by atoms with E-state index in [0.29, 0.717) is 23.3 Å². The molecule has 2 fully saturated rings. The number of likely N-dealkylation sites (tertiary alicyclic amines) is 1. The quantitative estimate of drug-likeness (QED) is 0.579. The molecular formula is C25H30F3N5O2. The van der Waals surface area contributed by atoms with Gasteiger partial charge in [0.1, 0.15) is 5.82 Å². The fourth-order valence-electron chi connectivity index (χ4n) is 4.95. The highest BCUT2D eigenvalue weighted by Crippen LogP contribution is 2.35. The number of nitrogen functional groups attached to an aromatic ring is 1. The predicted molar refractivity (Wildman–Crippen MR) is 126 cm³/mol. The molecule has 10 heteroatoms. The highest BCUT2D eigenvalue weighted by molar-refractivity contribution is 5.96. The molecule has 7 nitrogen and oxygen atoms in total. The number of nitrogens with zero attached hydrogens (tertiary/aromatic N) is 2. The van der Waals surface area contributed by atoms with E-state index in [1.54, 1.807) is 6.07 Å². The third-order valence-corrected chi connectivity index (χ3v) is 6.77. The molecule has 1 aliphatic carbocycles. The van der Waals surface area contributed by atoms with Crippen LogP contribution in [0.25, 0.3) is 0 Å². The van der Waals surface area contributed by atoms with Gasteiger partial charge >= 0.3 is 6.18 Å². The summed E-state index contributed by atoms with van der Waals surface area (Å²) >= 11 is 0. The number of benzene rings is 1. The van der Waals surface area contributed by atoms with Crippen molar-refractivity contribution < 1.29 is 22.8 Å². The van der Waals surface area contributed by atoms with Crippen molar-refractivity contribution in [3.8, 4) is 0 Å². The maximum absolute atomic E-state index is 13.0. The maximum atomic E-state index is 13.0. The van der Waals surface area contributed by atoms with E-state index < -0.39 is 17.6 Å². The van der Waals surface area contributed by atoms with Crippen molar-refractivity contribution in [2.45, 2.75) is 56.8 Å². The first-order valence-corrected chi connectivity index (χ1v) is 11.8. The zero-order valence-corrected chi connectivity index (χ0v) is 19.6. The number of amides is 2. The van der Waals surface area contributed by atoms with E-state index in [0.717, 1.165) is 56.6 Å². The van der Waals surface area contributed by atoms with E-state index in [2.05, 4.69) is 20.5 Å². The average Bonchev–Trinajstić information content (AvgIpc) is 2.79. The van der Waals surface area contributed by atoms with Crippen molar-refractivity contribution in [1.82, 2.24) is 20.5 Å². The summed E-state index contributed by atoms with van der Waals surface area (Å²) in [5.74, 6) is -0.0954. The Morgan fingerprint density at radius 3 is 2.49 bits per heavy atom. The van der Waals surface area contributed by atoms with Crippen molar-refractivity contribution in [2.24, 2.45) is 0 Å². The number of hydrogen-bond acceptors (Lipinski definition) is 5. The minimum Gasteiger partial charge on any atom is -0.384 e. The number of nitrogens with one attached hydrogen (secondary N) is 2. The van der Waals surface area contributed by atoms with Crippen LogP contribution in [0.4, 0.5) is 19.0 Å². The van der Waals surface area contributed by atoms with Gasteiger partial charge in [-0.2, -0.15) is 13.2 Å². The van der Waals surface area contributed by atoms with Crippen LogP contribution < -0.4 is 16.4 Å². The Hall–Kier alpha value is -3.14. The molecule has 1 saturated carbocycles. The largest absolute Gasteiger partial charge is 0.416 e. The first kappa shape index (κ1) is 25.0. The van der Waals surface area contributed by atoms with Crippen LogP contribution in [0.2, 0.25) is 0 Å². The van der Waals surface area contributed by atoms with Gasteiger partial charge in [-0.05, 0) is 68.5 Å². The van der Waals surface area contributed by atoms with E-state index in [4.69, 9.17) is 5.73 Å². The zero-order valence-electron chi connectivity index (χ0n) is 19.6. The SMILES string of the molecule is Cc1cc(C(=O)NCC(=O)NC2CN([C@H]3CC[C@@H](c4cccc(N)n4)CC3)C2)cc(C(F)(F)F)c1. The standard InChI is InChI=1S/C25H30F3N5O2/c1-15-9-17(11-18(10-15)25(26,27)28)24(35)30-12-23(34)31-19-13-33(14-19)20-7-5-16(6-8-20)21-3-2-4-22(29)32-21/h2-4,9-11,16,19-20H,5-8,12-14H2,1H3,(H2,29,32)(H,30,35)(H,31,34)/t16-,20+. The second-order valence-electron chi connectivity index (χ2n) is 9.48. The van der Waals surface area contributed by atoms with Crippen LogP contribution in [-0.4, -0.2) is 53.4 Å². The second-order valence-corrected chi connectivity index (χ2v) is 9.48. The van der Waals surface area contributed by atoms with Crippen LogP contribution in [0, 0.1) is 6.92 Å². The molecule has 1 aromatic carbocycles. The number of anilines is 1. The Morgan fingerprint density at radius 2 is 1.83 bits per heavy atom. The normalized spacial score (nSPS) is 21.3. The Labute approximate surface area is 202 Å². The molecule has 0 bridgehead atoms. The topological polar surface area (TPSA) is 100 Å². The Bertz CT molecular complexity index is 1080. The Morgan fingerprint density at radius 1 is 1.11 bits per heavy atom. The van der Waals surface area contributed by atoms with Gasteiger partial charge in [-0.25, -0.2) is 4.98 Å². The van der Waals surface area contributed by atoms with Crippen LogP contribution in [-0.2, 0) is 11.0 Å². The van der Waals surface area contributed by atoms with Gasteiger partial charge in [0, 0.05) is 36.3 Å². The number of rotatable bonds is 6. The molecule has 4 rings (SSSR count). The van der Waals surface area contributed by atoms with Crippen molar-refractivity contribution in [3.63, 3.8) is 0 Å². The smallest absolute Gasteiger partial charge is 0.384 e. The lowest BCUT2D eigenvalue weighted by Gasteiger charge is -2.46. The van der Waals surface area contributed by atoms with Gasteiger partial charge in [-0.1, -0.05) is 6.07 Å². The van der Waals surface area contributed by atoms with Crippen LogP contribution in [0.3, 0.4) is 0 Å². The molecule has 35 heavy (non-hydrogen) atoms. The molecular weight excluding hydrogens is 459 g/mol. The number of nitrogens with two attached hydrogens (primary N) is 1. The summed E-state index contributed by atoms with van der Waals surface area (Å²) in [5.41, 5.74) is 6.17. The molecule has 1 aromatic heterocycles. The third-order valence-electron chi connectivity index (χ3n) is 6.77.